The van der Waals surface area contributed by atoms with Crippen LogP contribution in [0.5, 0.6) is 5.75 Å². The van der Waals surface area contributed by atoms with Crippen LogP contribution in [-0.2, 0) is 38.5 Å². The van der Waals surface area contributed by atoms with Gasteiger partial charge in [-0.3, -0.25) is 9.59 Å². The van der Waals surface area contributed by atoms with Gasteiger partial charge in [0, 0.05) is 37.0 Å². The first-order valence-electron chi connectivity index (χ1n) is 18.2. The van der Waals surface area contributed by atoms with Crippen molar-refractivity contribution in [2.45, 2.75) is 77.1 Å². The first-order chi connectivity index (χ1) is 25.2. The maximum absolute atomic E-state index is 13.7. The van der Waals surface area contributed by atoms with Crippen LogP contribution in [0.1, 0.15) is 80.1 Å². The summed E-state index contributed by atoms with van der Waals surface area (Å²) in [7, 11) is 2.84. The molecule has 5 heterocycles. The number of hydrogen-bond donors (Lipinski definition) is 3. The summed E-state index contributed by atoms with van der Waals surface area (Å²) in [5.74, 6) is 2.17. The summed E-state index contributed by atoms with van der Waals surface area (Å²) in [4.78, 5) is 58.9. The van der Waals surface area contributed by atoms with Gasteiger partial charge in [0.1, 0.15) is 36.7 Å². The van der Waals surface area contributed by atoms with Crippen molar-refractivity contribution in [1.82, 2.24) is 35.1 Å². The van der Waals surface area contributed by atoms with Gasteiger partial charge >= 0.3 is 6.09 Å². The highest BCUT2D eigenvalue weighted by molar-refractivity contribution is 5.87. The minimum Gasteiger partial charge on any atom is -0.488 e. The molecule has 3 N–H and O–H groups in total. The number of carbonyl (C=O) groups excluding carboxylic acids is 3. The highest BCUT2D eigenvalue weighted by Crippen LogP contribution is 2.45. The zero-order valence-electron chi connectivity index (χ0n) is 30.1. The molecule has 1 aliphatic carbocycles. The fraction of sp³-hybridized carbons (Fsp3) is 0.462. The molecule has 0 saturated carbocycles. The van der Waals surface area contributed by atoms with Crippen molar-refractivity contribution in [2.24, 2.45) is 5.92 Å². The number of alkyl carbamates (subject to hydrolysis) is 1. The molecule has 3 amide bonds. The Labute approximate surface area is 302 Å². The Morgan fingerprint density at radius 2 is 1.73 bits per heavy atom. The largest absolute Gasteiger partial charge is 0.488 e. The van der Waals surface area contributed by atoms with E-state index in [4.69, 9.17) is 19.2 Å². The van der Waals surface area contributed by atoms with Gasteiger partial charge in [0.15, 0.2) is 0 Å². The Morgan fingerprint density at radius 1 is 0.942 bits per heavy atom. The normalized spacial score (nSPS) is 19.4. The van der Waals surface area contributed by atoms with E-state index in [1.54, 1.807) is 7.11 Å². The number of amides is 3. The molecule has 2 saturated heterocycles. The SMILES string of the molecule is COCC(=O)N1CCC[C@H]1c1ncc(-c2ccc3c(c2)COc2cc4c(cc2-3)CCc2[nH]c([C@@H]3CCCN3C(=O)[C@@H](NC(=O)OC)C(C)C)nc2-4)[nH]1. The molecule has 0 unspecified atom stereocenters. The van der Waals surface area contributed by atoms with Gasteiger partial charge in [-0.25, -0.2) is 14.8 Å². The topological polar surface area (TPSA) is 155 Å². The molecule has 3 aliphatic heterocycles. The van der Waals surface area contributed by atoms with E-state index in [2.05, 4.69) is 50.6 Å². The van der Waals surface area contributed by atoms with Gasteiger partial charge in [0.2, 0.25) is 11.8 Å². The molecule has 2 aromatic carbocycles. The fourth-order valence-electron chi connectivity index (χ4n) is 8.33. The second-order valence-corrected chi connectivity index (χ2v) is 14.5. The number of aryl methyl sites for hydroxylation is 2. The number of methoxy groups -OCH3 is 2. The lowest BCUT2D eigenvalue weighted by atomic mass is 9.86. The average molecular weight is 708 g/mol. The number of hydrogen-bond acceptors (Lipinski definition) is 8. The second kappa shape index (κ2) is 13.8. The fourth-order valence-corrected chi connectivity index (χ4v) is 8.33. The van der Waals surface area contributed by atoms with Crippen LogP contribution in [0, 0.1) is 5.92 Å². The number of aromatic nitrogens is 4. The van der Waals surface area contributed by atoms with Crippen LogP contribution in [-0.4, -0.2) is 87.6 Å². The van der Waals surface area contributed by atoms with Gasteiger partial charge in [0.25, 0.3) is 0 Å². The lowest BCUT2D eigenvalue weighted by molar-refractivity contribution is -0.136. The highest BCUT2D eigenvalue weighted by Gasteiger charge is 2.39. The smallest absolute Gasteiger partial charge is 0.407 e. The summed E-state index contributed by atoms with van der Waals surface area (Å²) in [6, 6.07) is 9.85. The molecule has 272 valence electrons. The standard InChI is InChI=1S/C39H45N7O6/c1-21(2)34(44-39(49)51-4)38(48)46-14-6-8-31(46)37-41-28-12-10-22-16-27-25-11-9-23(15-24(25)19-52-32(27)17-26(22)35(28)43-37)29-18-40-36(42-29)30-7-5-13-45(30)33(47)20-50-3/h9,11,15-18,21,30-31,34H,5-8,10,12-14,19-20H2,1-4H3,(H,40,42)(H,41,43)(H,44,49)/t30-,31-,34-/m0/s1. The molecular weight excluding hydrogens is 662 g/mol. The van der Waals surface area contributed by atoms with Gasteiger partial charge in [-0.15, -0.1) is 0 Å². The predicted octanol–water partition coefficient (Wildman–Crippen LogP) is 5.48. The Bertz CT molecular complexity index is 2030. The number of imidazole rings is 2. The van der Waals surface area contributed by atoms with Crippen LogP contribution >= 0.6 is 0 Å². The number of fused-ring (bicyclic) bond motifs is 6. The Kier molecular flexibility index (Phi) is 8.98. The summed E-state index contributed by atoms with van der Waals surface area (Å²) in [6.45, 7) is 5.66. The highest BCUT2D eigenvalue weighted by atomic mass is 16.5. The van der Waals surface area contributed by atoms with Crippen molar-refractivity contribution in [3.8, 4) is 39.4 Å². The van der Waals surface area contributed by atoms with Crippen LogP contribution in [0.3, 0.4) is 0 Å². The molecular formula is C39H45N7O6. The van der Waals surface area contributed by atoms with Crippen LogP contribution in [0.15, 0.2) is 36.5 Å². The van der Waals surface area contributed by atoms with Crippen LogP contribution in [0.2, 0.25) is 0 Å². The van der Waals surface area contributed by atoms with E-state index in [1.807, 2.05) is 29.8 Å². The monoisotopic (exact) mass is 707 g/mol. The third-order valence-electron chi connectivity index (χ3n) is 11.0. The van der Waals surface area contributed by atoms with Crippen molar-refractivity contribution in [1.29, 1.82) is 0 Å². The van der Waals surface area contributed by atoms with Crippen molar-refractivity contribution in [3.05, 3.63) is 65.0 Å². The predicted molar refractivity (Wildman–Crippen MR) is 192 cm³/mol. The maximum atomic E-state index is 13.7. The van der Waals surface area contributed by atoms with E-state index in [1.165, 1.54) is 12.7 Å². The van der Waals surface area contributed by atoms with Crippen molar-refractivity contribution >= 4 is 17.9 Å². The number of rotatable bonds is 8. The number of nitrogens with one attached hydrogen (secondary N) is 3. The zero-order valence-corrected chi connectivity index (χ0v) is 30.1. The molecule has 13 heteroatoms. The maximum Gasteiger partial charge on any atom is 0.407 e. The number of aromatic amines is 2. The van der Waals surface area contributed by atoms with E-state index in [0.717, 1.165) is 101 Å². The molecule has 8 rings (SSSR count). The van der Waals surface area contributed by atoms with Gasteiger partial charge < -0.3 is 39.3 Å². The summed E-state index contributed by atoms with van der Waals surface area (Å²) >= 11 is 0. The molecule has 52 heavy (non-hydrogen) atoms. The lowest BCUT2D eigenvalue weighted by Crippen LogP contribution is -2.51. The van der Waals surface area contributed by atoms with E-state index in [0.29, 0.717) is 19.7 Å². The minimum absolute atomic E-state index is 0.0164. The Morgan fingerprint density at radius 3 is 2.50 bits per heavy atom. The average Bonchev–Trinajstić information content (AvgIpc) is 3.98. The number of carbonyl (C=O) groups is 3. The third kappa shape index (κ3) is 6.00. The zero-order chi connectivity index (χ0) is 36.1. The number of nitrogens with zero attached hydrogens (tertiary/aromatic N) is 4. The minimum atomic E-state index is -0.681. The van der Waals surface area contributed by atoms with Crippen LogP contribution < -0.4 is 10.1 Å². The quantitative estimate of drug-likeness (QED) is 0.218. The van der Waals surface area contributed by atoms with Gasteiger partial charge in [0.05, 0.1) is 36.8 Å². The van der Waals surface area contributed by atoms with Crippen LogP contribution in [0.4, 0.5) is 4.79 Å². The molecule has 2 fully saturated rings. The second-order valence-electron chi connectivity index (χ2n) is 14.5. The van der Waals surface area contributed by atoms with E-state index in [9.17, 15) is 14.4 Å². The number of H-pyrrole nitrogens is 2. The van der Waals surface area contributed by atoms with Crippen molar-refractivity contribution in [3.63, 3.8) is 0 Å². The van der Waals surface area contributed by atoms with Gasteiger partial charge in [-0.1, -0.05) is 26.0 Å². The summed E-state index contributed by atoms with van der Waals surface area (Å²) < 4.78 is 16.3. The molecule has 0 radical (unpaired) electrons. The van der Waals surface area contributed by atoms with Crippen molar-refractivity contribution in [2.75, 3.05) is 33.9 Å². The number of likely N-dealkylation sites (tertiary alicyclic amines) is 2. The molecule has 0 spiro atoms. The van der Waals surface area contributed by atoms with Crippen molar-refractivity contribution < 1.29 is 28.6 Å². The van der Waals surface area contributed by atoms with E-state index in [-0.39, 0.29) is 36.4 Å². The van der Waals surface area contributed by atoms with Gasteiger partial charge in [-0.2, -0.15) is 0 Å². The summed E-state index contributed by atoms with van der Waals surface area (Å²) in [5, 5.41) is 2.73. The molecule has 0 bridgehead atoms. The van der Waals surface area contributed by atoms with Gasteiger partial charge in [-0.05, 0) is 84.9 Å². The molecule has 2 aromatic heterocycles. The van der Waals surface area contributed by atoms with E-state index >= 15 is 0 Å². The first-order valence-corrected chi connectivity index (χ1v) is 18.2. The van der Waals surface area contributed by atoms with Crippen LogP contribution in [0.25, 0.3) is 33.6 Å². The molecule has 3 atom stereocenters. The Hall–Kier alpha value is -5.17. The third-order valence-corrected chi connectivity index (χ3v) is 11.0. The lowest BCUT2D eigenvalue weighted by Gasteiger charge is -2.30. The number of benzene rings is 2. The number of ether oxygens (including phenoxy) is 3. The summed E-state index contributed by atoms with van der Waals surface area (Å²) in [5.41, 5.74) is 9.50. The van der Waals surface area contributed by atoms with E-state index < -0.39 is 12.1 Å². The molecule has 13 nitrogen and oxygen atoms in total. The molecule has 4 aromatic rings. The molecule has 4 aliphatic rings. The first kappa shape index (κ1) is 33.9. The summed E-state index contributed by atoms with van der Waals surface area (Å²) in [6.07, 6.45) is 6.38. The Balaban J connectivity index is 1.03.